The third-order valence-electron chi connectivity index (χ3n) is 3.63. The van der Waals surface area contributed by atoms with Gasteiger partial charge in [0.05, 0.1) is 12.8 Å². The van der Waals surface area contributed by atoms with E-state index in [1.807, 2.05) is 43.3 Å². The maximum absolute atomic E-state index is 12.4. The molecule has 0 bridgehead atoms. The Labute approximate surface area is 145 Å². The van der Waals surface area contributed by atoms with Crippen molar-refractivity contribution in [2.24, 2.45) is 0 Å². The Morgan fingerprint density at radius 1 is 1.18 bits per heavy atom. The lowest BCUT2D eigenvalue weighted by Gasteiger charge is -2.08. The van der Waals surface area contributed by atoms with Gasteiger partial charge in [0.1, 0.15) is 5.75 Å². The molecule has 3 nitrogen and oxygen atoms in total. The lowest BCUT2D eigenvalue weighted by molar-refractivity contribution is -0.110. The van der Waals surface area contributed by atoms with Crippen molar-refractivity contribution in [1.29, 1.82) is 0 Å². The van der Waals surface area contributed by atoms with Crippen molar-refractivity contribution in [3.63, 3.8) is 0 Å². The van der Waals surface area contributed by atoms with Crippen LogP contribution < -0.4 is 10.1 Å². The van der Waals surface area contributed by atoms with Gasteiger partial charge in [0.15, 0.2) is 0 Å². The molecule has 0 radical (unpaired) electrons. The highest BCUT2D eigenvalue weighted by Gasteiger charge is 2.28. The summed E-state index contributed by atoms with van der Waals surface area (Å²) in [5.41, 5.74) is 4.36. The lowest BCUT2D eigenvalue weighted by atomic mass is 9.99. The summed E-state index contributed by atoms with van der Waals surface area (Å²) in [6, 6.07) is 9.58. The number of carbonyl (C=O) groups excluding carboxylic acids is 1. The van der Waals surface area contributed by atoms with Gasteiger partial charge in [-0.2, -0.15) is 0 Å². The van der Waals surface area contributed by atoms with Crippen LogP contribution in [0.4, 0.5) is 5.69 Å². The van der Waals surface area contributed by atoms with E-state index in [9.17, 15) is 4.79 Å². The van der Waals surface area contributed by atoms with Gasteiger partial charge in [0.2, 0.25) is 0 Å². The van der Waals surface area contributed by atoms with Gasteiger partial charge in [0.25, 0.3) is 5.91 Å². The standard InChI is InChI=1S/C17H13Br2NO2/c1-9-13(18)8-14(19)16-15(9)12(17(21)20-16)7-10-4-3-5-11(6-10)22-2/h3-8H,1-2H3,(H,20,21). The third-order valence-corrected chi connectivity index (χ3v) is 5.08. The number of nitrogens with one attached hydrogen (secondary N) is 1. The van der Waals surface area contributed by atoms with Crippen molar-refractivity contribution < 1.29 is 9.53 Å². The predicted molar refractivity (Wildman–Crippen MR) is 96.1 cm³/mol. The molecular weight excluding hydrogens is 410 g/mol. The molecule has 0 fully saturated rings. The second kappa shape index (κ2) is 5.89. The van der Waals surface area contributed by atoms with Gasteiger partial charge in [-0.15, -0.1) is 0 Å². The van der Waals surface area contributed by atoms with Gasteiger partial charge in [-0.25, -0.2) is 0 Å². The molecule has 2 aromatic rings. The van der Waals surface area contributed by atoms with Gasteiger partial charge < -0.3 is 10.1 Å². The van der Waals surface area contributed by atoms with E-state index in [0.717, 1.165) is 37.1 Å². The van der Waals surface area contributed by atoms with Crippen molar-refractivity contribution in [2.45, 2.75) is 6.92 Å². The fourth-order valence-corrected chi connectivity index (χ4v) is 3.77. The van der Waals surface area contributed by atoms with Crippen LogP contribution in [0, 0.1) is 6.92 Å². The van der Waals surface area contributed by atoms with Crippen LogP contribution in [0.2, 0.25) is 0 Å². The molecule has 0 saturated carbocycles. The van der Waals surface area contributed by atoms with Crippen molar-refractivity contribution in [3.05, 3.63) is 56.0 Å². The Bertz CT molecular complexity index is 813. The van der Waals surface area contributed by atoms with Crippen LogP contribution in [0.15, 0.2) is 39.3 Å². The van der Waals surface area contributed by atoms with E-state index in [4.69, 9.17) is 4.74 Å². The largest absolute Gasteiger partial charge is 0.497 e. The number of halogens is 2. The number of benzene rings is 2. The molecule has 112 valence electrons. The first-order valence-electron chi connectivity index (χ1n) is 6.67. The summed E-state index contributed by atoms with van der Waals surface area (Å²) in [5, 5.41) is 2.93. The number of methoxy groups -OCH3 is 1. The number of amides is 1. The minimum Gasteiger partial charge on any atom is -0.497 e. The SMILES string of the molecule is COc1cccc(C=C2C(=O)Nc3c(Br)cc(Br)c(C)c32)c1. The molecule has 0 unspecified atom stereocenters. The highest BCUT2D eigenvalue weighted by Crippen LogP contribution is 2.43. The first-order valence-corrected chi connectivity index (χ1v) is 8.26. The van der Waals surface area contributed by atoms with Crippen molar-refractivity contribution in [2.75, 3.05) is 12.4 Å². The number of fused-ring (bicyclic) bond motifs is 1. The van der Waals surface area contributed by atoms with Crippen molar-refractivity contribution in [1.82, 2.24) is 0 Å². The number of anilines is 1. The van der Waals surface area contributed by atoms with Crippen LogP contribution in [0.1, 0.15) is 16.7 Å². The Kier molecular flexibility index (Phi) is 4.10. The molecule has 2 aromatic carbocycles. The summed E-state index contributed by atoms with van der Waals surface area (Å²) in [5.74, 6) is 0.667. The Morgan fingerprint density at radius 3 is 2.68 bits per heavy atom. The first-order chi connectivity index (χ1) is 10.5. The number of carbonyl (C=O) groups is 1. The van der Waals surface area contributed by atoms with Gasteiger partial charge in [-0.3, -0.25) is 4.79 Å². The molecule has 1 aliphatic rings. The Balaban J connectivity index is 2.18. The van der Waals surface area contributed by atoms with E-state index >= 15 is 0 Å². The quantitative estimate of drug-likeness (QED) is 0.690. The van der Waals surface area contributed by atoms with E-state index in [-0.39, 0.29) is 5.91 Å². The fraction of sp³-hybridized carbons (Fsp3) is 0.118. The average Bonchev–Trinajstić information content (AvgIpc) is 2.83. The van der Waals surface area contributed by atoms with Crippen LogP contribution in [-0.2, 0) is 4.79 Å². The van der Waals surface area contributed by atoms with Crippen LogP contribution in [0.25, 0.3) is 11.6 Å². The van der Waals surface area contributed by atoms with E-state index in [1.165, 1.54) is 0 Å². The van der Waals surface area contributed by atoms with E-state index < -0.39 is 0 Å². The number of hydrogen-bond donors (Lipinski definition) is 1. The molecule has 3 rings (SSSR count). The van der Waals surface area contributed by atoms with Crippen LogP contribution >= 0.6 is 31.9 Å². The van der Waals surface area contributed by atoms with Crippen molar-refractivity contribution in [3.8, 4) is 5.75 Å². The van der Waals surface area contributed by atoms with Crippen molar-refractivity contribution >= 4 is 55.1 Å². The number of ether oxygens (including phenoxy) is 1. The molecular formula is C17H13Br2NO2. The second-order valence-corrected chi connectivity index (χ2v) is 6.71. The minimum absolute atomic E-state index is 0.0975. The summed E-state index contributed by atoms with van der Waals surface area (Å²) in [6.45, 7) is 2.00. The highest BCUT2D eigenvalue weighted by atomic mass is 79.9. The molecule has 1 aliphatic heterocycles. The van der Waals surface area contributed by atoms with Gasteiger partial charge in [-0.1, -0.05) is 28.1 Å². The average molecular weight is 423 g/mol. The Morgan fingerprint density at radius 2 is 1.95 bits per heavy atom. The van der Waals surface area contributed by atoms with Gasteiger partial charge in [0, 0.05) is 20.1 Å². The predicted octanol–water partition coefficient (Wildman–Crippen LogP) is 5.02. The fourth-order valence-electron chi connectivity index (χ4n) is 2.51. The molecule has 1 heterocycles. The third kappa shape index (κ3) is 2.59. The van der Waals surface area contributed by atoms with Crippen LogP contribution in [-0.4, -0.2) is 13.0 Å². The monoisotopic (exact) mass is 421 g/mol. The molecule has 0 aliphatic carbocycles. The summed E-state index contributed by atoms with van der Waals surface area (Å²) >= 11 is 7.04. The normalized spacial score (nSPS) is 14.9. The topological polar surface area (TPSA) is 38.3 Å². The smallest absolute Gasteiger partial charge is 0.256 e. The van der Waals surface area contributed by atoms with Gasteiger partial charge >= 0.3 is 0 Å². The molecule has 0 spiro atoms. The molecule has 0 saturated heterocycles. The summed E-state index contributed by atoms with van der Waals surface area (Å²) in [6.07, 6.45) is 1.88. The molecule has 0 aromatic heterocycles. The lowest BCUT2D eigenvalue weighted by Crippen LogP contribution is -2.03. The summed E-state index contributed by atoms with van der Waals surface area (Å²) in [7, 11) is 1.63. The van der Waals surface area contributed by atoms with Crippen LogP contribution in [0.5, 0.6) is 5.75 Å². The molecule has 22 heavy (non-hydrogen) atoms. The van der Waals surface area contributed by atoms with Gasteiger partial charge in [-0.05, 0) is 58.3 Å². The Hall–Kier alpha value is -1.59. The second-order valence-electron chi connectivity index (χ2n) is 5.00. The zero-order valence-corrected chi connectivity index (χ0v) is 15.2. The molecule has 0 atom stereocenters. The van der Waals surface area contributed by atoms with E-state index in [1.54, 1.807) is 7.11 Å². The number of hydrogen-bond acceptors (Lipinski definition) is 2. The first kappa shape index (κ1) is 15.3. The zero-order valence-electron chi connectivity index (χ0n) is 12.0. The summed E-state index contributed by atoms with van der Waals surface area (Å²) in [4.78, 5) is 12.4. The molecule has 1 N–H and O–H groups in total. The summed E-state index contributed by atoms with van der Waals surface area (Å²) < 4.78 is 7.06. The van der Waals surface area contributed by atoms with E-state index in [2.05, 4.69) is 37.2 Å². The van der Waals surface area contributed by atoms with Crippen LogP contribution in [0.3, 0.4) is 0 Å². The maximum atomic E-state index is 12.4. The highest BCUT2D eigenvalue weighted by molar-refractivity contribution is 9.11. The van der Waals surface area contributed by atoms with E-state index in [0.29, 0.717) is 5.57 Å². The number of rotatable bonds is 2. The minimum atomic E-state index is -0.0975. The maximum Gasteiger partial charge on any atom is 0.256 e. The zero-order chi connectivity index (χ0) is 15.9. The molecule has 5 heteroatoms. The molecule has 1 amide bonds.